The fourth-order valence-corrected chi connectivity index (χ4v) is 1.95. The molecule has 2 atom stereocenters. The van der Waals surface area contributed by atoms with Crippen molar-refractivity contribution in [2.45, 2.75) is 39.0 Å². The van der Waals surface area contributed by atoms with Gasteiger partial charge in [-0.1, -0.05) is 26.3 Å². The van der Waals surface area contributed by atoms with Crippen molar-refractivity contribution in [2.75, 3.05) is 0 Å². The summed E-state index contributed by atoms with van der Waals surface area (Å²) in [6, 6.07) is 2.37. The Hall–Kier alpha value is -1.10. The highest BCUT2D eigenvalue weighted by Gasteiger charge is 2.36. The van der Waals surface area contributed by atoms with Gasteiger partial charge in [-0.2, -0.15) is 13.2 Å². The Morgan fingerprint density at radius 2 is 1.89 bits per heavy atom. The van der Waals surface area contributed by atoms with Crippen molar-refractivity contribution in [1.29, 1.82) is 0 Å². The highest BCUT2D eigenvalue weighted by Crippen LogP contribution is 2.37. The molecule has 5 heteroatoms. The molecule has 0 radical (unpaired) electrons. The number of benzene rings is 1. The summed E-state index contributed by atoms with van der Waals surface area (Å²) in [5.41, 5.74) is -1.36. The van der Waals surface area contributed by atoms with Crippen LogP contribution in [0.2, 0.25) is 0 Å². The SMILES string of the molecule is CCCC(C)C(O)c1ccc(F)cc1C(F)(F)F. The number of aliphatic hydroxyl groups is 1. The van der Waals surface area contributed by atoms with Crippen LogP contribution in [0.25, 0.3) is 0 Å². The lowest BCUT2D eigenvalue weighted by atomic mass is 9.90. The van der Waals surface area contributed by atoms with E-state index in [0.717, 1.165) is 18.6 Å². The van der Waals surface area contributed by atoms with Crippen molar-refractivity contribution in [3.8, 4) is 0 Å². The molecule has 0 heterocycles. The molecule has 0 aromatic heterocycles. The average molecular weight is 264 g/mol. The van der Waals surface area contributed by atoms with Gasteiger partial charge in [-0.25, -0.2) is 4.39 Å². The van der Waals surface area contributed by atoms with Crippen LogP contribution in [0.15, 0.2) is 18.2 Å². The van der Waals surface area contributed by atoms with Gasteiger partial charge in [0.15, 0.2) is 0 Å². The Balaban J connectivity index is 3.15. The molecule has 1 aromatic rings. The van der Waals surface area contributed by atoms with E-state index in [2.05, 4.69) is 0 Å². The van der Waals surface area contributed by atoms with Gasteiger partial charge in [0.25, 0.3) is 0 Å². The lowest BCUT2D eigenvalue weighted by Gasteiger charge is -2.22. The second-order valence-electron chi connectivity index (χ2n) is 4.44. The lowest BCUT2D eigenvalue weighted by molar-refractivity contribution is -0.139. The Labute approximate surface area is 103 Å². The molecule has 0 aliphatic heterocycles. The molecule has 0 amide bonds. The molecule has 18 heavy (non-hydrogen) atoms. The summed E-state index contributed by atoms with van der Waals surface area (Å²) in [6.45, 7) is 3.57. The van der Waals surface area contributed by atoms with Gasteiger partial charge >= 0.3 is 6.18 Å². The van der Waals surface area contributed by atoms with Crippen molar-refractivity contribution in [3.05, 3.63) is 35.1 Å². The predicted octanol–water partition coefficient (Wildman–Crippen LogP) is 4.31. The Morgan fingerprint density at radius 3 is 2.39 bits per heavy atom. The van der Waals surface area contributed by atoms with E-state index < -0.39 is 23.7 Å². The minimum Gasteiger partial charge on any atom is -0.388 e. The quantitative estimate of drug-likeness (QED) is 0.803. The highest BCUT2D eigenvalue weighted by molar-refractivity contribution is 5.32. The normalized spacial score (nSPS) is 15.5. The maximum Gasteiger partial charge on any atom is 0.416 e. The molecule has 1 aromatic carbocycles. The van der Waals surface area contributed by atoms with Gasteiger partial charge in [-0.15, -0.1) is 0 Å². The third kappa shape index (κ3) is 3.45. The second kappa shape index (κ2) is 5.69. The van der Waals surface area contributed by atoms with Crippen molar-refractivity contribution < 1.29 is 22.7 Å². The van der Waals surface area contributed by atoms with Crippen LogP contribution >= 0.6 is 0 Å². The van der Waals surface area contributed by atoms with E-state index >= 15 is 0 Å². The maximum absolute atomic E-state index is 12.9. The van der Waals surface area contributed by atoms with Crippen LogP contribution in [0.4, 0.5) is 17.6 Å². The molecule has 1 rings (SSSR count). The van der Waals surface area contributed by atoms with Gasteiger partial charge in [-0.05, 0) is 30.0 Å². The van der Waals surface area contributed by atoms with Crippen LogP contribution in [0, 0.1) is 11.7 Å². The summed E-state index contributed by atoms with van der Waals surface area (Å²) in [7, 11) is 0. The highest BCUT2D eigenvalue weighted by atomic mass is 19.4. The molecule has 1 N–H and O–H groups in total. The monoisotopic (exact) mass is 264 g/mol. The van der Waals surface area contributed by atoms with E-state index in [9.17, 15) is 22.7 Å². The molecule has 0 aliphatic carbocycles. The van der Waals surface area contributed by atoms with E-state index in [4.69, 9.17) is 0 Å². The van der Waals surface area contributed by atoms with Gasteiger partial charge in [-0.3, -0.25) is 0 Å². The van der Waals surface area contributed by atoms with Gasteiger partial charge < -0.3 is 5.11 Å². The first-order chi connectivity index (χ1) is 8.27. The summed E-state index contributed by atoms with van der Waals surface area (Å²) >= 11 is 0. The number of halogens is 4. The number of aliphatic hydroxyl groups excluding tert-OH is 1. The maximum atomic E-state index is 12.9. The molecule has 1 nitrogen and oxygen atoms in total. The van der Waals surface area contributed by atoms with Crippen molar-refractivity contribution in [1.82, 2.24) is 0 Å². The van der Waals surface area contributed by atoms with E-state index in [1.54, 1.807) is 6.92 Å². The van der Waals surface area contributed by atoms with E-state index in [-0.39, 0.29) is 11.5 Å². The van der Waals surface area contributed by atoms with Crippen LogP contribution in [-0.4, -0.2) is 5.11 Å². The topological polar surface area (TPSA) is 20.2 Å². The zero-order chi connectivity index (χ0) is 13.9. The zero-order valence-corrected chi connectivity index (χ0v) is 10.3. The van der Waals surface area contributed by atoms with E-state index in [0.29, 0.717) is 12.5 Å². The summed E-state index contributed by atoms with van der Waals surface area (Å²) in [6.07, 6.45) is -4.52. The standard InChI is InChI=1S/C13H16F4O/c1-3-4-8(2)12(18)10-6-5-9(14)7-11(10)13(15,16)17/h5-8,12,18H,3-4H2,1-2H3. The fourth-order valence-electron chi connectivity index (χ4n) is 1.95. The second-order valence-corrected chi connectivity index (χ2v) is 4.44. The van der Waals surface area contributed by atoms with Crippen molar-refractivity contribution in [2.24, 2.45) is 5.92 Å². The van der Waals surface area contributed by atoms with Crippen molar-refractivity contribution >= 4 is 0 Å². The van der Waals surface area contributed by atoms with Gasteiger partial charge in [0, 0.05) is 0 Å². The first-order valence-corrected chi connectivity index (χ1v) is 5.82. The lowest BCUT2D eigenvalue weighted by Crippen LogP contribution is -2.16. The van der Waals surface area contributed by atoms with Crippen molar-refractivity contribution in [3.63, 3.8) is 0 Å². The molecule has 0 fully saturated rings. The summed E-state index contributed by atoms with van der Waals surface area (Å²) in [5.74, 6) is -1.26. The minimum atomic E-state index is -4.66. The third-order valence-corrected chi connectivity index (χ3v) is 2.92. The molecule has 0 spiro atoms. The smallest absolute Gasteiger partial charge is 0.388 e. The van der Waals surface area contributed by atoms with Crippen LogP contribution in [0.1, 0.15) is 43.9 Å². The van der Waals surface area contributed by atoms with E-state index in [1.165, 1.54) is 0 Å². The summed E-state index contributed by atoms with van der Waals surface area (Å²) in [5, 5.41) is 9.93. The van der Waals surface area contributed by atoms with Crippen LogP contribution in [0.5, 0.6) is 0 Å². The molecular formula is C13H16F4O. The zero-order valence-electron chi connectivity index (χ0n) is 10.3. The Bertz CT molecular complexity index is 400. The Kier molecular flexibility index (Phi) is 4.73. The fraction of sp³-hybridized carbons (Fsp3) is 0.538. The minimum absolute atomic E-state index is 0.259. The molecule has 102 valence electrons. The van der Waals surface area contributed by atoms with Gasteiger partial charge in [0.2, 0.25) is 0 Å². The molecular weight excluding hydrogens is 248 g/mol. The van der Waals surface area contributed by atoms with Gasteiger partial charge in [0.1, 0.15) is 5.82 Å². The van der Waals surface area contributed by atoms with Crippen LogP contribution < -0.4 is 0 Å². The molecule has 0 saturated heterocycles. The summed E-state index contributed by atoms with van der Waals surface area (Å²) in [4.78, 5) is 0. The summed E-state index contributed by atoms with van der Waals surface area (Å²) < 4.78 is 51.2. The molecule has 0 bridgehead atoms. The van der Waals surface area contributed by atoms with Crippen LogP contribution in [0.3, 0.4) is 0 Å². The third-order valence-electron chi connectivity index (χ3n) is 2.92. The Morgan fingerprint density at radius 1 is 1.28 bits per heavy atom. The number of rotatable bonds is 4. The predicted molar refractivity (Wildman–Crippen MR) is 60.4 cm³/mol. The van der Waals surface area contributed by atoms with E-state index in [1.807, 2.05) is 6.92 Å². The van der Waals surface area contributed by atoms with Gasteiger partial charge in [0.05, 0.1) is 11.7 Å². The largest absolute Gasteiger partial charge is 0.416 e. The van der Waals surface area contributed by atoms with Crippen LogP contribution in [-0.2, 0) is 6.18 Å². The first-order valence-electron chi connectivity index (χ1n) is 5.82. The number of hydrogen-bond donors (Lipinski definition) is 1. The molecule has 2 unspecified atom stereocenters. The average Bonchev–Trinajstić information content (AvgIpc) is 2.27. The molecule has 0 aliphatic rings. The first kappa shape index (κ1) is 15.0. The number of hydrogen-bond acceptors (Lipinski definition) is 1. The molecule has 0 saturated carbocycles. The number of alkyl halides is 3.